The third-order valence-electron chi connectivity index (χ3n) is 4.54. The summed E-state index contributed by atoms with van der Waals surface area (Å²) in [6, 6.07) is 13.9. The van der Waals surface area contributed by atoms with Crippen LogP contribution in [0.5, 0.6) is 5.75 Å². The van der Waals surface area contributed by atoms with Crippen LogP contribution in [-0.4, -0.2) is 37.2 Å². The van der Waals surface area contributed by atoms with E-state index in [2.05, 4.69) is 0 Å². The topological polar surface area (TPSA) is 61.8 Å². The summed E-state index contributed by atoms with van der Waals surface area (Å²) in [5.41, 5.74) is 1.97. The van der Waals surface area contributed by atoms with E-state index in [1.54, 1.807) is 43.3 Å². The smallest absolute Gasteiger partial charge is 0.338 e. The normalized spacial score (nSPS) is 17.3. The SMILES string of the molecule is Cc1ccc(C(=O)[C@H](C)OC(=O)c2ccc(OC[C@@H]3CCCO3)cc2)cc1. The molecule has 1 fully saturated rings. The molecule has 2 aromatic rings. The Balaban J connectivity index is 1.53. The number of esters is 1. The molecule has 0 aliphatic carbocycles. The molecule has 0 unspecified atom stereocenters. The molecule has 2 aromatic carbocycles. The molecule has 27 heavy (non-hydrogen) atoms. The first-order valence-corrected chi connectivity index (χ1v) is 9.19. The maximum atomic E-state index is 12.4. The monoisotopic (exact) mass is 368 g/mol. The summed E-state index contributed by atoms with van der Waals surface area (Å²) in [4.78, 5) is 24.7. The molecule has 5 heteroatoms. The van der Waals surface area contributed by atoms with Crippen molar-refractivity contribution in [2.75, 3.05) is 13.2 Å². The second kappa shape index (κ2) is 8.82. The minimum atomic E-state index is -0.851. The molecule has 0 saturated carbocycles. The predicted molar refractivity (Wildman–Crippen MR) is 101 cm³/mol. The van der Waals surface area contributed by atoms with E-state index >= 15 is 0 Å². The molecule has 5 nitrogen and oxygen atoms in total. The highest BCUT2D eigenvalue weighted by Crippen LogP contribution is 2.18. The van der Waals surface area contributed by atoms with Gasteiger partial charge in [0.15, 0.2) is 6.10 Å². The lowest BCUT2D eigenvalue weighted by molar-refractivity contribution is 0.0318. The summed E-state index contributed by atoms with van der Waals surface area (Å²) < 4.78 is 16.5. The van der Waals surface area contributed by atoms with Crippen LogP contribution >= 0.6 is 0 Å². The van der Waals surface area contributed by atoms with Crippen LogP contribution in [0.15, 0.2) is 48.5 Å². The highest BCUT2D eigenvalue weighted by atomic mass is 16.5. The first kappa shape index (κ1) is 19.1. The van der Waals surface area contributed by atoms with E-state index in [1.165, 1.54) is 0 Å². The van der Waals surface area contributed by atoms with Crippen LogP contribution in [-0.2, 0) is 9.47 Å². The molecule has 3 rings (SSSR count). The van der Waals surface area contributed by atoms with E-state index < -0.39 is 12.1 Å². The van der Waals surface area contributed by atoms with E-state index in [4.69, 9.17) is 14.2 Å². The van der Waals surface area contributed by atoms with Crippen LogP contribution in [0.1, 0.15) is 46.0 Å². The average Bonchev–Trinajstić information content (AvgIpc) is 3.20. The summed E-state index contributed by atoms with van der Waals surface area (Å²) in [7, 11) is 0. The van der Waals surface area contributed by atoms with Crippen molar-refractivity contribution in [3.05, 3.63) is 65.2 Å². The molecule has 1 heterocycles. The van der Waals surface area contributed by atoms with Gasteiger partial charge in [0.05, 0.1) is 11.7 Å². The van der Waals surface area contributed by atoms with Crippen LogP contribution in [0, 0.1) is 6.92 Å². The number of benzene rings is 2. The Kier molecular flexibility index (Phi) is 6.24. The zero-order valence-corrected chi connectivity index (χ0v) is 15.6. The lowest BCUT2D eigenvalue weighted by Gasteiger charge is -2.13. The number of ketones is 1. The second-order valence-corrected chi connectivity index (χ2v) is 6.75. The van der Waals surface area contributed by atoms with E-state index in [9.17, 15) is 9.59 Å². The third kappa shape index (κ3) is 5.17. The Bertz CT molecular complexity index is 773. The molecule has 0 amide bonds. The zero-order chi connectivity index (χ0) is 19.2. The van der Waals surface area contributed by atoms with Crippen LogP contribution < -0.4 is 4.74 Å². The van der Waals surface area contributed by atoms with Crippen molar-refractivity contribution < 1.29 is 23.8 Å². The fourth-order valence-electron chi connectivity index (χ4n) is 2.89. The van der Waals surface area contributed by atoms with Gasteiger partial charge in [0, 0.05) is 12.2 Å². The molecule has 0 aromatic heterocycles. The lowest BCUT2D eigenvalue weighted by Crippen LogP contribution is -2.24. The van der Waals surface area contributed by atoms with Crippen molar-refractivity contribution in [2.24, 2.45) is 0 Å². The first-order valence-electron chi connectivity index (χ1n) is 9.19. The van der Waals surface area contributed by atoms with Gasteiger partial charge in [0.1, 0.15) is 12.4 Å². The Hall–Kier alpha value is -2.66. The molecule has 0 spiro atoms. The molecule has 0 N–H and O–H groups in total. The molecule has 1 saturated heterocycles. The van der Waals surface area contributed by atoms with Crippen LogP contribution in [0.2, 0.25) is 0 Å². The van der Waals surface area contributed by atoms with Gasteiger partial charge in [-0.25, -0.2) is 4.79 Å². The number of carbonyl (C=O) groups is 2. The highest BCUT2D eigenvalue weighted by Gasteiger charge is 2.20. The molecule has 0 bridgehead atoms. The summed E-state index contributed by atoms with van der Waals surface area (Å²) in [5, 5.41) is 0. The Morgan fingerprint density at radius 3 is 2.37 bits per heavy atom. The maximum Gasteiger partial charge on any atom is 0.338 e. The number of Topliss-reactive ketones (excluding diaryl/α,β-unsaturated/α-hetero) is 1. The van der Waals surface area contributed by atoms with Crippen molar-refractivity contribution in [1.29, 1.82) is 0 Å². The van der Waals surface area contributed by atoms with Crippen molar-refractivity contribution in [1.82, 2.24) is 0 Å². The molecule has 0 radical (unpaired) electrons. The van der Waals surface area contributed by atoms with Gasteiger partial charge in [0.25, 0.3) is 0 Å². The van der Waals surface area contributed by atoms with E-state index in [1.807, 2.05) is 19.1 Å². The fraction of sp³-hybridized carbons (Fsp3) is 0.364. The van der Waals surface area contributed by atoms with E-state index in [0.29, 0.717) is 23.5 Å². The number of ether oxygens (including phenoxy) is 3. The van der Waals surface area contributed by atoms with Crippen LogP contribution in [0.4, 0.5) is 0 Å². The van der Waals surface area contributed by atoms with Gasteiger partial charge in [-0.15, -0.1) is 0 Å². The number of rotatable bonds is 7. The number of carbonyl (C=O) groups excluding carboxylic acids is 2. The van der Waals surface area contributed by atoms with Gasteiger partial charge >= 0.3 is 5.97 Å². The van der Waals surface area contributed by atoms with Gasteiger partial charge in [-0.3, -0.25) is 4.79 Å². The van der Waals surface area contributed by atoms with Gasteiger partial charge in [-0.2, -0.15) is 0 Å². The van der Waals surface area contributed by atoms with Gasteiger partial charge in [-0.05, 0) is 51.0 Å². The number of hydrogen-bond acceptors (Lipinski definition) is 5. The summed E-state index contributed by atoms with van der Waals surface area (Å²) in [6.45, 7) is 4.83. The Labute approximate surface area is 159 Å². The predicted octanol–water partition coefficient (Wildman–Crippen LogP) is 3.98. The fourth-order valence-corrected chi connectivity index (χ4v) is 2.89. The maximum absolute atomic E-state index is 12.4. The largest absolute Gasteiger partial charge is 0.491 e. The van der Waals surface area contributed by atoms with Crippen molar-refractivity contribution in [3.8, 4) is 5.75 Å². The van der Waals surface area contributed by atoms with Crippen molar-refractivity contribution in [3.63, 3.8) is 0 Å². The van der Waals surface area contributed by atoms with Crippen LogP contribution in [0.25, 0.3) is 0 Å². The number of hydrogen-bond donors (Lipinski definition) is 0. The zero-order valence-electron chi connectivity index (χ0n) is 15.6. The van der Waals surface area contributed by atoms with Crippen molar-refractivity contribution >= 4 is 11.8 Å². The Morgan fingerprint density at radius 1 is 1.07 bits per heavy atom. The quantitative estimate of drug-likeness (QED) is 0.546. The van der Waals surface area contributed by atoms with Gasteiger partial charge in [-0.1, -0.05) is 29.8 Å². The molecular formula is C22H24O5. The highest BCUT2D eigenvalue weighted by molar-refractivity contribution is 6.01. The lowest BCUT2D eigenvalue weighted by atomic mass is 10.1. The van der Waals surface area contributed by atoms with Crippen molar-refractivity contribution in [2.45, 2.75) is 38.9 Å². The molecule has 2 atom stereocenters. The standard InChI is InChI=1S/C22H24O5/c1-15-5-7-17(8-6-15)21(23)16(2)27-22(24)18-9-11-19(12-10-18)26-14-20-4-3-13-25-20/h5-12,16,20H,3-4,13-14H2,1-2H3/t16-,20-/m0/s1. The summed E-state index contributed by atoms with van der Waals surface area (Å²) in [5.74, 6) is -0.0839. The molecular weight excluding hydrogens is 344 g/mol. The van der Waals surface area contributed by atoms with E-state index in [0.717, 1.165) is 25.0 Å². The average molecular weight is 368 g/mol. The summed E-state index contributed by atoms with van der Waals surface area (Å²) in [6.07, 6.45) is 1.37. The van der Waals surface area contributed by atoms with Gasteiger partial charge in [0.2, 0.25) is 5.78 Å². The number of aryl methyl sites for hydroxylation is 1. The third-order valence-corrected chi connectivity index (χ3v) is 4.54. The molecule has 142 valence electrons. The minimum Gasteiger partial charge on any atom is -0.491 e. The first-order chi connectivity index (χ1) is 13.0. The minimum absolute atomic E-state index is 0.142. The van der Waals surface area contributed by atoms with Crippen LogP contribution in [0.3, 0.4) is 0 Å². The molecule has 1 aliphatic rings. The molecule has 1 aliphatic heterocycles. The van der Waals surface area contributed by atoms with Gasteiger partial charge < -0.3 is 14.2 Å². The summed E-state index contributed by atoms with van der Waals surface area (Å²) >= 11 is 0. The Morgan fingerprint density at radius 2 is 1.74 bits per heavy atom. The van der Waals surface area contributed by atoms with E-state index in [-0.39, 0.29) is 11.9 Å². The second-order valence-electron chi connectivity index (χ2n) is 6.75.